The Kier molecular flexibility index (Phi) is 6.68. The van der Waals surface area contributed by atoms with E-state index in [2.05, 4.69) is 25.3 Å². The summed E-state index contributed by atoms with van der Waals surface area (Å²) in [5.74, 6) is 2.53. The zero-order chi connectivity index (χ0) is 15.8. The number of thiol groups is 2. The van der Waals surface area contributed by atoms with E-state index in [4.69, 9.17) is 9.47 Å². The first-order valence-electron chi connectivity index (χ1n) is 6.96. The maximum atomic E-state index is 12.6. The lowest BCUT2D eigenvalue weighted by Crippen LogP contribution is -2.04. The molecule has 22 heavy (non-hydrogen) atoms. The summed E-state index contributed by atoms with van der Waals surface area (Å²) < 4.78 is 11.0. The van der Waals surface area contributed by atoms with Gasteiger partial charge in [0, 0.05) is 22.6 Å². The topological polar surface area (TPSA) is 35.5 Å². The van der Waals surface area contributed by atoms with E-state index in [1.54, 1.807) is 24.3 Å². The molecule has 0 aliphatic carbocycles. The molecule has 0 aromatic heterocycles. The molecule has 0 N–H and O–H groups in total. The van der Waals surface area contributed by atoms with Crippen molar-refractivity contribution in [1.82, 2.24) is 0 Å². The highest BCUT2D eigenvalue weighted by atomic mass is 32.1. The van der Waals surface area contributed by atoms with Gasteiger partial charge in [-0.3, -0.25) is 4.79 Å². The SMILES string of the molecule is O=C(c1cccc(OCCS)c1)c1cccc(OCCS)c1. The molecular formula is C17H18O3S2. The zero-order valence-electron chi connectivity index (χ0n) is 12.1. The molecule has 3 nitrogen and oxygen atoms in total. The van der Waals surface area contributed by atoms with Gasteiger partial charge in [-0.1, -0.05) is 24.3 Å². The minimum atomic E-state index is -0.0624. The molecule has 2 rings (SSSR count). The van der Waals surface area contributed by atoms with Crippen molar-refractivity contribution in [2.75, 3.05) is 24.7 Å². The fourth-order valence-electron chi connectivity index (χ4n) is 1.95. The molecule has 0 saturated heterocycles. The van der Waals surface area contributed by atoms with Crippen molar-refractivity contribution in [3.8, 4) is 11.5 Å². The van der Waals surface area contributed by atoms with Crippen molar-refractivity contribution in [2.45, 2.75) is 0 Å². The highest BCUT2D eigenvalue weighted by molar-refractivity contribution is 7.80. The Labute approximate surface area is 141 Å². The van der Waals surface area contributed by atoms with Gasteiger partial charge in [-0.25, -0.2) is 0 Å². The summed E-state index contributed by atoms with van der Waals surface area (Å²) in [6, 6.07) is 14.3. The Hall–Kier alpha value is -1.59. The van der Waals surface area contributed by atoms with Crippen molar-refractivity contribution < 1.29 is 14.3 Å². The Balaban J connectivity index is 2.17. The lowest BCUT2D eigenvalue weighted by atomic mass is 10.0. The second-order valence-corrected chi connectivity index (χ2v) is 5.42. The minimum Gasteiger partial charge on any atom is -0.493 e. The van der Waals surface area contributed by atoms with E-state index in [1.807, 2.05) is 24.3 Å². The quantitative estimate of drug-likeness (QED) is 0.573. The van der Waals surface area contributed by atoms with E-state index in [0.717, 1.165) is 0 Å². The summed E-state index contributed by atoms with van der Waals surface area (Å²) in [6.07, 6.45) is 0. The van der Waals surface area contributed by atoms with Crippen LogP contribution in [0.15, 0.2) is 48.5 Å². The molecule has 116 valence electrons. The summed E-state index contributed by atoms with van der Waals surface area (Å²) in [4.78, 5) is 12.6. The van der Waals surface area contributed by atoms with Crippen LogP contribution in [0.3, 0.4) is 0 Å². The highest BCUT2D eigenvalue weighted by Crippen LogP contribution is 2.20. The van der Waals surface area contributed by atoms with Crippen LogP contribution in [0, 0.1) is 0 Å². The first-order valence-corrected chi connectivity index (χ1v) is 8.23. The van der Waals surface area contributed by atoms with Crippen molar-refractivity contribution in [3.05, 3.63) is 59.7 Å². The normalized spacial score (nSPS) is 10.3. The average Bonchev–Trinajstić information content (AvgIpc) is 2.58. The Bertz CT molecular complexity index is 575. The van der Waals surface area contributed by atoms with Gasteiger partial charge in [0.15, 0.2) is 5.78 Å². The molecule has 5 heteroatoms. The lowest BCUT2D eigenvalue weighted by molar-refractivity contribution is 0.103. The third kappa shape index (κ3) is 4.71. The number of carbonyl (C=O) groups is 1. The molecule has 2 aromatic rings. The summed E-state index contributed by atoms with van der Waals surface area (Å²) >= 11 is 8.20. The van der Waals surface area contributed by atoms with Crippen LogP contribution >= 0.6 is 25.3 Å². The maximum absolute atomic E-state index is 12.6. The number of hydrogen-bond donors (Lipinski definition) is 2. The van der Waals surface area contributed by atoms with E-state index in [0.29, 0.717) is 47.3 Å². The van der Waals surface area contributed by atoms with Crippen LogP contribution in [0.4, 0.5) is 0 Å². The molecule has 0 spiro atoms. The molecule has 2 aromatic carbocycles. The first kappa shape index (κ1) is 16.8. The molecule has 0 saturated carbocycles. The van der Waals surface area contributed by atoms with Crippen LogP contribution in [0.2, 0.25) is 0 Å². The molecule has 0 amide bonds. The van der Waals surface area contributed by atoms with Crippen LogP contribution < -0.4 is 9.47 Å². The molecule has 0 radical (unpaired) electrons. The van der Waals surface area contributed by atoms with E-state index < -0.39 is 0 Å². The van der Waals surface area contributed by atoms with Crippen molar-refractivity contribution in [1.29, 1.82) is 0 Å². The van der Waals surface area contributed by atoms with E-state index >= 15 is 0 Å². The third-order valence-electron chi connectivity index (χ3n) is 2.91. The van der Waals surface area contributed by atoms with Gasteiger partial charge in [0.2, 0.25) is 0 Å². The fourth-order valence-corrected chi connectivity index (χ4v) is 2.13. The van der Waals surface area contributed by atoms with Gasteiger partial charge in [0.1, 0.15) is 11.5 Å². The standard InChI is InChI=1S/C17H18O3S2/c18-17(13-3-1-5-15(11-13)19-7-9-21)14-4-2-6-16(12-14)20-8-10-22/h1-6,11-12,21-22H,7-10H2. The van der Waals surface area contributed by atoms with E-state index in [9.17, 15) is 4.79 Å². The Morgan fingerprint density at radius 2 is 1.27 bits per heavy atom. The summed E-state index contributed by atoms with van der Waals surface area (Å²) in [5, 5.41) is 0. The number of rotatable bonds is 8. The van der Waals surface area contributed by atoms with Gasteiger partial charge in [-0.05, 0) is 24.3 Å². The molecule has 0 heterocycles. The van der Waals surface area contributed by atoms with Crippen LogP contribution in [0.5, 0.6) is 11.5 Å². The van der Waals surface area contributed by atoms with Gasteiger partial charge >= 0.3 is 0 Å². The summed E-state index contributed by atoms with van der Waals surface area (Å²) in [6.45, 7) is 1.02. The third-order valence-corrected chi connectivity index (χ3v) is 3.28. The van der Waals surface area contributed by atoms with E-state index in [-0.39, 0.29) is 5.78 Å². The smallest absolute Gasteiger partial charge is 0.193 e. The number of hydrogen-bond acceptors (Lipinski definition) is 5. The minimum absolute atomic E-state index is 0.0624. The van der Waals surface area contributed by atoms with Crippen LogP contribution in [-0.2, 0) is 0 Å². The second-order valence-electron chi connectivity index (χ2n) is 4.53. The summed E-state index contributed by atoms with van der Waals surface area (Å²) in [5.41, 5.74) is 1.17. The number of ketones is 1. The van der Waals surface area contributed by atoms with Crippen molar-refractivity contribution in [2.24, 2.45) is 0 Å². The molecular weight excluding hydrogens is 316 g/mol. The predicted molar refractivity (Wildman–Crippen MR) is 95.0 cm³/mol. The number of benzene rings is 2. The molecule has 0 fully saturated rings. The van der Waals surface area contributed by atoms with Gasteiger partial charge in [0.05, 0.1) is 13.2 Å². The number of carbonyl (C=O) groups excluding carboxylic acids is 1. The second kappa shape index (κ2) is 8.76. The highest BCUT2D eigenvalue weighted by Gasteiger charge is 2.11. The van der Waals surface area contributed by atoms with Gasteiger partial charge in [-0.15, -0.1) is 0 Å². The summed E-state index contributed by atoms with van der Waals surface area (Å²) in [7, 11) is 0. The zero-order valence-corrected chi connectivity index (χ0v) is 13.9. The van der Waals surface area contributed by atoms with Crippen LogP contribution in [0.25, 0.3) is 0 Å². The molecule has 0 bridgehead atoms. The van der Waals surface area contributed by atoms with Crippen LogP contribution in [0.1, 0.15) is 15.9 Å². The number of ether oxygens (including phenoxy) is 2. The molecule has 0 aliphatic heterocycles. The maximum Gasteiger partial charge on any atom is 0.193 e. The van der Waals surface area contributed by atoms with E-state index in [1.165, 1.54) is 0 Å². The largest absolute Gasteiger partial charge is 0.493 e. The molecule has 0 atom stereocenters. The molecule has 0 aliphatic rings. The molecule has 0 unspecified atom stereocenters. The van der Waals surface area contributed by atoms with Crippen molar-refractivity contribution in [3.63, 3.8) is 0 Å². The Morgan fingerprint density at radius 3 is 1.68 bits per heavy atom. The van der Waals surface area contributed by atoms with Crippen molar-refractivity contribution >= 4 is 31.0 Å². The fraction of sp³-hybridized carbons (Fsp3) is 0.235. The van der Waals surface area contributed by atoms with Crippen LogP contribution in [-0.4, -0.2) is 30.5 Å². The predicted octanol–water partition coefficient (Wildman–Crippen LogP) is 3.53. The lowest BCUT2D eigenvalue weighted by Gasteiger charge is -2.08. The monoisotopic (exact) mass is 334 g/mol. The first-order chi connectivity index (χ1) is 10.7. The Morgan fingerprint density at radius 1 is 0.818 bits per heavy atom. The van der Waals surface area contributed by atoms with Gasteiger partial charge in [0.25, 0.3) is 0 Å². The van der Waals surface area contributed by atoms with Gasteiger partial charge in [-0.2, -0.15) is 25.3 Å². The average molecular weight is 334 g/mol. The van der Waals surface area contributed by atoms with Gasteiger partial charge < -0.3 is 9.47 Å².